The normalized spacial score (nSPS) is 19.0. The van der Waals surface area contributed by atoms with Gasteiger partial charge in [-0.15, -0.1) is 0 Å². The van der Waals surface area contributed by atoms with E-state index in [2.05, 4.69) is 11.2 Å². The molecule has 0 saturated heterocycles. The molecule has 1 aliphatic rings. The fraction of sp³-hybridized carbons (Fsp3) is 0.462. The largest absolute Gasteiger partial charge is 0.321 e. The third kappa shape index (κ3) is 1.57. The lowest BCUT2D eigenvalue weighted by Crippen LogP contribution is -2.33. The Morgan fingerprint density at radius 1 is 1.35 bits per heavy atom. The molecule has 1 saturated carbocycles. The van der Waals surface area contributed by atoms with Crippen LogP contribution in [0.2, 0.25) is 5.15 Å². The average Bonchev–Trinajstić information content (AvgIpc) is 2.86. The Bertz CT molecular complexity index is 567. The molecule has 2 N–H and O–H groups in total. The maximum absolute atomic E-state index is 6.54. The van der Waals surface area contributed by atoms with E-state index in [0.717, 1.165) is 23.7 Å². The number of nitrogens with zero attached hydrogens (tertiary/aromatic N) is 2. The third-order valence-electron chi connectivity index (χ3n) is 3.85. The van der Waals surface area contributed by atoms with Crippen molar-refractivity contribution < 1.29 is 0 Å². The SMILES string of the molecule is Cn1nc(Cl)c2cccc(C3(N)CCCC3)c21. The second kappa shape index (κ2) is 3.72. The fourth-order valence-corrected chi connectivity index (χ4v) is 3.24. The molecular formula is C13H16ClN3. The molecule has 1 fully saturated rings. The van der Waals surface area contributed by atoms with Crippen LogP contribution in [-0.2, 0) is 12.6 Å². The first kappa shape index (κ1) is 11.1. The van der Waals surface area contributed by atoms with E-state index in [1.165, 1.54) is 18.4 Å². The van der Waals surface area contributed by atoms with Gasteiger partial charge in [0.25, 0.3) is 0 Å². The number of fused-ring (bicyclic) bond motifs is 1. The van der Waals surface area contributed by atoms with Crippen LogP contribution in [-0.4, -0.2) is 9.78 Å². The van der Waals surface area contributed by atoms with Crippen molar-refractivity contribution in [2.24, 2.45) is 12.8 Å². The highest BCUT2D eigenvalue weighted by Crippen LogP contribution is 2.40. The number of nitrogens with two attached hydrogens (primary N) is 1. The average molecular weight is 250 g/mol. The molecule has 3 rings (SSSR count). The van der Waals surface area contributed by atoms with Gasteiger partial charge in [0.1, 0.15) is 0 Å². The molecule has 0 unspecified atom stereocenters. The lowest BCUT2D eigenvalue weighted by molar-refractivity contribution is 0.463. The maximum atomic E-state index is 6.54. The lowest BCUT2D eigenvalue weighted by Gasteiger charge is -2.25. The zero-order valence-corrected chi connectivity index (χ0v) is 10.7. The van der Waals surface area contributed by atoms with Gasteiger partial charge < -0.3 is 5.73 Å². The molecule has 0 spiro atoms. The number of rotatable bonds is 1. The van der Waals surface area contributed by atoms with Crippen molar-refractivity contribution in [2.45, 2.75) is 31.2 Å². The molecule has 1 heterocycles. The van der Waals surface area contributed by atoms with Gasteiger partial charge in [0, 0.05) is 18.0 Å². The van der Waals surface area contributed by atoms with Gasteiger partial charge in [0.15, 0.2) is 5.15 Å². The van der Waals surface area contributed by atoms with E-state index in [4.69, 9.17) is 17.3 Å². The molecule has 4 heteroatoms. The molecule has 17 heavy (non-hydrogen) atoms. The van der Waals surface area contributed by atoms with Crippen molar-refractivity contribution in [3.8, 4) is 0 Å². The van der Waals surface area contributed by atoms with Crippen LogP contribution in [0, 0.1) is 0 Å². The van der Waals surface area contributed by atoms with E-state index < -0.39 is 0 Å². The summed E-state index contributed by atoms with van der Waals surface area (Å²) in [4.78, 5) is 0. The minimum atomic E-state index is -0.198. The molecule has 90 valence electrons. The van der Waals surface area contributed by atoms with Gasteiger partial charge in [-0.3, -0.25) is 4.68 Å². The lowest BCUT2D eigenvalue weighted by atomic mass is 9.88. The molecule has 1 aromatic carbocycles. The van der Waals surface area contributed by atoms with E-state index in [9.17, 15) is 0 Å². The summed E-state index contributed by atoms with van der Waals surface area (Å²) in [6.45, 7) is 0. The molecule has 1 aromatic heterocycles. The van der Waals surface area contributed by atoms with E-state index >= 15 is 0 Å². The number of hydrogen-bond donors (Lipinski definition) is 1. The van der Waals surface area contributed by atoms with Gasteiger partial charge in [-0.1, -0.05) is 36.6 Å². The molecule has 3 nitrogen and oxygen atoms in total. The summed E-state index contributed by atoms with van der Waals surface area (Å²) in [5.74, 6) is 0. The number of halogens is 1. The van der Waals surface area contributed by atoms with Gasteiger partial charge in [-0.2, -0.15) is 5.10 Å². The highest BCUT2D eigenvalue weighted by atomic mass is 35.5. The summed E-state index contributed by atoms with van der Waals surface area (Å²) >= 11 is 6.13. The van der Waals surface area contributed by atoms with E-state index in [-0.39, 0.29) is 5.54 Å². The molecule has 2 aromatic rings. The Kier molecular flexibility index (Phi) is 2.42. The number of para-hydroxylation sites is 1. The predicted octanol–water partition coefficient (Wildman–Crippen LogP) is 2.95. The monoisotopic (exact) mass is 249 g/mol. The second-order valence-corrected chi connectivity index (χ2v) is 5.34. The number of benzene rings is 1. The molecule has 0 radical (unpaired) electrons. The third-order valence-corrected chi connectivity index (χ3v) is 4.13. The Morgan fingerprint density at radius 2 is 2.06 bits per heavy atom. The fourth-order valence-electron chi connectivity index (χ4n) is 2.97. The number of hydrogen-bond acceptors (Lipinski definition) is 2. The van der Waals surface area contributed by atoms with Crippen LogP contribution in [0.1, 0.15) is 31.2 Å². The highest BCUT2D eigenvalue weighted by Gasteiger charge is 2.33. The van der Waals surface area contributed by atoms with Crippen molar-refractivity contribution in [3.05, 3.63) is 28.9 Å². The van der Waals surface area contributed by atoms with Gasteiger partial charge in [0.05, 0.1) is 5.52 Å². The summed E-state index contributed by atoms with van der Waals surface area (Å²) < 4.78 is 1.85. The molecule has 0 aliphatic heterocycles. The second-order valence-electron chi connectivity index (χ2n) is 4.98. The van der Waals surface area contributed by atoms with E-state index in [1.54, 1.807) is 0 Å². The first-order valence-corrected chi connectivity index (χ1v) is 6.40. The number of aryl methyl sites for hydroxylation is 1. The summed E-state index contributed by atoms with van der Waals surface area (Å²) in [6, 6.07) is 6.15. The van der Waals surface area contributed by atoms with Crippen LogP contribution in [0.4, 0.5) is 0 Å². The Balaban J connectivity index is 2.29. The molecular weight excluding hydrogens is 234 g/mol. The quantitative estimate of drug-likeness (QED) is 0.845. The van der Waals surface area contributed by atoms with E-state index in [1.807, 2.05) is 23.9 Å². The minimum absolute atomic E-state index is 0.198. The maximum Gasteiger partial charge on any atom is 0.158 e. The molecule has 0 amide bonds. The summed E-state index contributed by atoms with van der Waals surface area (Å²) in [7, 11) is 1.93. The zero-order valence-electron chi connectivity index (χ0n) is 9.91. The van der Waals surface area contributed by atoms with Gasteiger partial charge in [-0.25, -0.2) is 0 Å². The van der Waals surface area contributed by atoms with Gasteiger partial charge in [-0.05, 0) is 24.5 Å². The predicted molar refractivity (Wildman–Crippen MR) is 70.1 cm³/mol. The first-order chi connectivity index (χ1) is 8.12. The summed E-state index contributed by atoms with van der Waals surface area (Å²) in [6.07, 6.45) is 4.51. The topological polar surface area (TPSA) is 43.8 Å². The Morgan fingerprint density at radius 3 is 2.76 bits per heavy atom. The Hall–Kier alpha value is -1.06. The van der Waals surface area contributed by atoms with Crippen LogP contribution < -0.4 is 5.73 Å². The van der Waals surface area contributed by atoms with Crippen LogP contribution in [0.3, 0.4) is 0 Å². The van der Waals surface area contributed by atoms with Crippen LogP contribution in [0.5, 0.6) is 0 Å². The standard InChI is InChI=1S/C13H16ClN3/c1-17-11-9(12(14)16-17)5-4-6-10(11)13(15)7-2-3-8-13/h4-6H,2-3,7-8,15H2,1H3. The van der Waals surface area contributed by atoms with E-state index in [0.29, 0.717) is 5.15 Å². The van der Waals surface area contributed by atoms with Gasteiger partial charge in [0.2, 0.25) is 0 Å². The van der Waals surface area contributed by atoms with Crippen molar-refractivity contribution >= 4 is 22.5 Å². The smallest absolute Gasteiger partial charge is 0.158 e. The molecule has 0 atom stereocenters. The van der Waals surface area contributed by atoms with Crippen molar-refractivity contribution in [2.75, 3.05) is 0 Å². The Labute approximate surface area is 106 Å². The van der Waals surface area contributed by atoms with Crippen LogP contribution >= 0.6 is 11.6 Å². The number of aromatic nitrogens is 2. The van der Waals surface area contributed by atoms with Crippen LogP contribution in [0.15, 0.2) is 18.2 Å². The highest BCUT2D eigenvalue weighted by molar-refractivity contribution is 6.34. The minimum Gasteiger partial charge on any atom is -0.321 e. The first-order valence-electron chi connectivity index (χ1n) is 6.02. The summed E-state index contributed by atoms with van der Waals surface area (Å²) in [5.41, 5.74) is 8.62. The molecule has 0 bridgehead atoms. The van der Waals surface area contributed by atoms with Gasteiger partial charge >= 0.3 is 0 Å². The van der Waals surface area contributed by atoms with Crippen molar-refractivity contribution in [3.63, 3.8) is 0 Å². The molecule has 1 aliphatic carbocycles. The summed E-state index contributed by atoms with van der Waals surface area (Å²) in [5, 5.41) is 5.84. The van der Waals surface area contributed by atoms with Crippen molar-refractivity contribution in [1.29, 1.82) is 0 Å². The van der Waals surface area contributed by atoms with Crippen molar-refractivity contribution in [1.82, 2.24) is 9.78 Å². The zero-order chi connectivity index (χ0) is 12.0. The van der Waals surface area contributed by atoms with Crippen LogP contribution in [0.25, 0.3) is 10.9 Å².